The number of hydrogen-bond donors (Lipinski definition) is 5. The van der Waals surface area contributed by atoms with Crippen molar-refractivity contribution in [3.05, 3.63) is 0 Å². The minimum atomic E-state index is -0.974. The van der Waals surface area contributed by atoms with Crippen LogP contribution in [-0.2, 0) is 9.59 Å². The number of aliphatic carboxylic acids is 1. The summed E-state index contributed by atoms with van der Waals surface area (Å²) in [5.41, 5.74) is 11.1. The molecule has 9 heteroatoms. The van der Waals surface area contributed by atoms with Crippen molar-refractivity contribution < 1.29 is 14.7 Å². The Kier molecular flexibility index (Phi) is 7.83. The van der Waals surface area contributed by atoms with Gasteiger partial charge in [0.1, 0.15) is 6.04 Å². The zero-order valence-electron chi connectivity index (χ0n) is 14.4. The van der Waals surface area contributed by atoms with Crippen molar-refractivity contribution in [2.45, 2.75) is 68.3 Å². The lowest BCUT2D eigenvalue weighted by molar-refractivity contribution is -0.138. The largest absolute Gasteiger partial charge is 0.480 e. The van der Waals surface area contributed by atoms with Gasteiger partial charge in [-0.2, -0.15) is 11.8 Å². The minimum Gasteiger partial charge on any atom is -0.480 e. The van der Waals surface area contributed by atoms with Gasteiger partial charge in [-0.15, -0.1) is 0 Å². The Bertz CT molecular complexity index is 502. The third-order valence-corrected chi connectivity index (χ3v) is 6.12. The molecule has 1 saturated heterocycles. The molecule has 7 N–H and O–H groups in total. The summed E-state index contributed by atoms with van der Waals surface area (Å²) in [6.45, 7) is 0.576. The highest BCUT2D eigenvalue weighted by molar-refractivity contribution is 8.00. The number of hydrogen-bond acceptors (Lipinski definition) is 7. The average molecular weight is 372 g/mol. The molecule has 0 aromatic carbocycles. The second kappa shape index (κ2) is 9.86. The van der Waals surface area contributed by atoms with Crippen molar-refractivity contribution in [3.8, 4) is 0 Å². The number of nitrogens with one attached hydrogen (secondary N) is 2. The summed E-state index contributed by atoms with van der Waals surface area (Å²) in [6, 6.07) is -0.137. The van der Waals surface area contributed by atoms with Gasteiger partial charge in [0, 0.05) is 24.0 Å². The number of amides is 1. The number of carbonyl (C=O) groups excluding carboxylic acids is 1. The lowest BCUT2D eigenvalue weighted by Crippen LogP contribution is -2.38. The zero-order valence-corrected chi connectivity index (χ0v) is 15.3. The summed E-state index contributed by atoms with van der Waals surface area (Å²) in [7, 11) is 0. The van der Waals surface area contributed by atoms with Gasteiger partial charge in [-0.3, -0.25) is 9.59 Å². The summed E-state index contributed by atoms with van der Waals surface area (Å²) in [5, 5.41) is 15.3. The molecule has 2 aliphatic rings. The highest BCUT2D eigenvalue weighted by Crippen LogP contribution is 2.35. The van der Waals surface area contributed by atoms with Crippen LogP contribution in [0.4, 0.5) is 0 Å². The van der Waals surface area contributed by atoms with E-state index in [4.69, 9.17) is 16.6 Å². The third kappa shape index (κ3) is 6.39. The number of nitrogens with zero attached hydrogens (tertiary/aromatic N) is 1. The van der Waals surface area contributed by atoms with Crippen LogP contribution in [0.1, 0.15) is 44.9 Å². The van der Waals surface area contributed by atoms with Gasteiger partial charge in [-0.05, 0) is 32.1 Å². The van der Waals surface area contributed by atoms with E-state index in [0.29, 0.717) is 43.1 Å². The summed E-state index contributed by atoms with van der Waals surface area (Å²) < 4.78 is 0. The van der Waals surface area contributed by atoms with Crippen LogP contribution < -0.4 is 22.1 Å². The van der Waals surface area contributed by atoms with Gasteiger partial charge < -0.3 is 27.2 Å². The van der Waals surface area contributed by atoms with Crippen molar-refractivity contribution in [2.24, 2.45) is 16.5 Å². The smallest absolute Gasteiger partial charge is 0.320 e. The molecule has 0 aromatic heterocycles. The number of carboxylic acids is 1. The Morgan fingerprint density at radius 1 is 1.36 bits per heavy atom. The molecule has 2 rings (SSSR count). The third-order valence-electron chi connectivity index (χ3n) is 4.63. The summed E-state index contributed by atoms with van der Waals surface area (Å²) in [6.07, 6.45) is 5.37. The Morgan fingerprint density at radius 2 is 2.16 bits per heavy atom. The first-order chi connectivity index (χ1) is 12.0. The van der Waals surface area contributed by atoms with E-state index in [1.165, 1.54) is 0 Å². The number of aliphatic imine (C=N–C) groups is 1. The quantitative estimate of drug-likeness (QED) is 0.322. The lowest BCUT2D eigenvalue weighted by atomic mass is 10.0. The van der Waals surface area contributed by atoms with E-state index < -0.39 is 12.0 Å². The van der Waals surface area contributed by atoms with Crippen LogP contribution in [0, 0.1) is 0 Å². The van der Waals surface area contributed by atoms with Crippen LogP contribution in [-0.4, -0.2) is 58.6 Å². The molecule has 0 radical (unpaired) electrons. The van der Waals surface area contributed by atoms with Crippen LogP contribution in [0.3, 0.4) is 0 Å². The molecule has 0 saturated carbocycles. The Labute approximate surface area is 152 Å². The van der Waals surface area contributed by atoms with Gasteiger partial charge >= 0.3 is 5.97 Å². The van der Waals surface area contributed by atoms with Crippen LogP contribution in [0.2, 0.25) is 0 Å². The van der Waals surface area contributed by atoms with Crippen molar-refractivity contribution >= 4 is 29.6 Å². The van der Waals surface area contributed by atoms with Crippen LogP contribution in [0.25, 0.3) is 0 Å². The Balaban J connectivity index is 1.47. The molecule has 8 nitrogen and oxygen atoms in total. The molecule has 2 heterocycles. The lowest BCUT2D eigenvalue weighted by Gasteiger charge is -2.14. The van der Waals surface area contributed by atoms with Crippen molar-refractivity contribution in [1.29, 1.82) is 0 Å². The van der Waals surface area contributed by atoms with E-state index >= 15 is 0 Å². The second-order valence-corrected chi connectivity index (χ2v) is 7.94. The number of thioether (sulfide) groups is 1. The summed E-state index contributed by atoms with van der Waals surface area (Å²) in [4.78, 5) is 26.8. The number of carbonyl (C=O) groups is 2. The molecule has 2 aliphatic heterocycles. The molecule has 4 unspecified atom stereocenters. The van der Waals surface area contributed by atoms with Crippen LogP contribution in [0.5, 0.6) is 0 Å². The van der Waals surface area contributed by atoms with Gasteiger partial charge in [0.15, 0.2) is 5.96 Å². The molecular formula is C16H29N5O3S. The second-order valence-electron chi connectivity index (χ2n) is 6.66. The maximum absolute atomic E-state index is 11.8. The molecule has 0 spiro atoms. The maximum atomic E-state index is 11.8. The van der Waals surface area contributed by atoms with Crippen molar-refractivity contribution in [1.82, 2.24) is 10.6 Å². The SMILES string of the molecule is NC1=NC2C(CSC2CCCCC(=O)NCCCCC(N)C(=O)O)N1. The molecule has 0 bridgehead atoms. The molecule has 1 amide bonds. The number of guanidine groups is 1. The number of unbranched alkanes of at least 4 members (excludes halogenated alkanes) is 2. The molecule has 1 fully saturated rings. The maximum Gasteiger partial charge on any atom is 0.320 e. The number of rotatable bonds is 11. The predicted molar refractivity (Wildman–Crippen MR) is 99.5 cm³/mol. The minimum absolute atomic E-state index is 0.0595. The van der Waals surface area contributed by atoms with Crippen LogP contribution in [0.15, 0.2) is 4.99 Å². The van der Waals surface area contributed by atoms with Gasteiger partial charge in [-0.1, -0.05) is 6.42 Å². The van der Waals surface area contributed by atoms with E-state index in [2.05, 4.69) is 15.6 Å². The van der Waals surface area contributed by atoms with Crippen molar-refractivity contribution in [3.63, 3.8) is 0 Å². The fourth-order valence-electron chi connectivity index (χ4n) is 3.19. The molecule has 25 heavy (non-hydrogen) atoms. The molecular weight excluding hydrogens is 342 g/mol. The highest BCUT2D eigenvalue weighted by Gasteiger charge is 2.39. The number of fused-ring (bicyclic) bond motifs is 1. The monoisotopic (exact) mass is 371 g/mol. The van der Waals surface area contributed by atoms with E-state index in [1.807, 2.05) is 11.8 Å². The van der Waals surface area contributed by atoms with Gasteiger partial charge in [-0.25, -0.2) is 4.99 Å². The van der Waals surface area contributed by atoms with E-state index in [0.717, 1.165) is 31.4 Å². The first-order valence-corrected chi connectivity index (χ1v) is 9.98. The van der Waals surface area contributed by atoms with E-state index in [9.17, 15) is 9.59 Å². The average Bonchev–Trinajstić information content (AvgIpc) is 3.10. The summed E-state index contributed by atoms with van der Waals surface area (Å²) >= 11 is 1.94. The fraction of sp³-hybridized carbons (Fsp3) is 0.812. The molecule has 0 aliphatic carbocycles. The van der Waals surface area contributed by atoms with Gasteiger partial charge in [0.2, 0.25) is 5.91 Å². The number of carboxylic acid groups (broad SMARTS) is 1. The first kappa shape index (κ1) is 19.8. The van der Waals surface area contributed by atoms with Gasteiger partial charge in [0.05, 0.1) is 12.1 Å². The molecule has 142 valence electrons. The van der Waals surface area contributed by atoms with E-state index in [1.54, 1.807) is 0 Å². The first-order valence-electron chi connectivity index (χ1n) is 8.94. The Hall–Kier alpha value is -1.48. The van der Waals surface area contributed by atoms with Crippen molar-refractivity contribution in [2.75, 3.05) is 12.3 Å². The molecule has 4 atom stereocenters. The normalized spacial score (nSPS) is 25.8. The summed E-state index contributed by atoms with van der Waals surface area (Å²) in [5.74, 6) is 0.691. The zero-order chi connectivity index (χ0) is 18.2. The highest BCUT2D eigenvalue weighted by atomic mass is 32.2. The Morgan fingerprint density at radius 3 is 2.92 bits per heavy atom. The van der Waals surface area contributed by atoms with E-state index in [-0.39, 0.29) is 11.9 Å². The van der Waals surface area contributed by atoms with Gasteiger partial charge in [0.25, 0.3) is 0 Å². The standard InChI is InChI=1S/C16H29N5O3S/c17-10(15(23)24)5-3-4-8-19-13(22)7-2-1-6-12-14-11(9-25-12)20-16(18)21-14/h10-12,14H,1-9,17H2,(H,19,22)(H,23,24)(H3,18,20,21). The van der Waals surface area contributed by atoms with Crippen LogP contribution >= 0.6 is 11.8 Å². The molecule has 0 aromatic rings. The predicted octanol–water partition coefficient (Wildman–Crippen LogP) is 0.0157. The topological polar surface area (TPSA) is 143 Å². The number of nitrogens with two attached hydrogens (primary N) is 2. The fourth-order valence-corrected chi connectivity index (χ4v) is 4.70.